The lowest BCUT2D eigenvalue weighted by Crippen LogP contribution is -2.39. The second-order valence-electron chi connectivity index (χ2n) is 3.41. The first-order valence-electron chi connectivity index (χ1n) is 4.86. The fraction of sp³-hybridized carbons (Fsp3) is 0.900. The number of unbranched alkanes of at least 4 members (excludes halogenated alkanes) is 1. The Hall–Kier alpha value is -0.590. The summed E-state index contributed by atoms with van der Waals surface area (Å²) in [6.07, 6.45) is 2.99. The summed E-state index contributed by atoms with van der Waals surface area (Å²) in [5, 5.41) is 11.8. The van der Waals surface area contributed by atoms with Crippen molar-refractivity contribution in [2.45, 2.75) is 38.6 Å². The van der Waals surface area contributed by atoms with Crippen LogP contribution in [0.2, 0.25) is 0 Å². The molecule has 0 heterocycles. The Morgan fingerprint density at radius 1 is 1.46 bits per heavy atom. The van der Waals surface area contributed by atoms with Gasteiger partial charge in [0.2, 0.25) is 0 Å². The van der Waals surface area contributed by atoms with Crippen molar-refractivity contribution in [2.24, 2.45) is 0 Å². The van der Waals surface area contributed by atoms with Crippen molar-refractivity contribution in [1.29, 1.82) is 5.26 Å². The lowest BCUT2D eigenvalue weighted by atomic mass is 10.0. The van der Waals surface area contributed by atoms with E-state index in [4.69, 9.17) is 10.00 Å². The number of hydrogen-bond acceptors (Lipinski definition) is 3. The van der Waals surface area contributed by atoms with Crippen LogP contribution in [-0.4, -0.2) is 25.8 Å². The molecule has 76 valence electrons. The molecule has 0 aromatic rings. The lowest BCUT2D eigenvalue weighted by molar-refractivity contribution is 0.117. The zero-order chi connectivity index (χ0) is 10.2. The van der Waals surface area contributed by atoms with Crippen LogP contribution in [0.15, 0.2) is 0 Å². The number of ether oxygens (including phenoxy) is 1. The number of nitriles is 1. The largest absolute Gasteiger partial charge is 0.381 e. The average molecular weight is 184 g/mol. The summed E-state index contributed by atoms with van der Waals surface area (Å²) in [6, 6.07) is 2.23. The van der Waals surface area contributed by atoms with E-state index in [1.165, 1.54) is 0 Å². The number of rotatable bonds is 7. The Morgan fingerprint density at radius 2 is 2.15 bits per heavy atom. The van der Waals surface area contributed by atoms with Crippen molar-refractivity contribution < 1.29 is 4.74 Å². The molecular formula is C10H20N2O. The third kappa shape index (κ3) is 5.62. The first-order chi connectivity index (χ1) is 6.18. The molecule has 0 spiro atoms. The molecule has 0 aromatic carbocycles. The van der Waals surface area contributed by atoms with Crippen LogP contribution >= 0.6 is 0 Å². The topological polar surface area (TPSA) is 45.0 Å². The smallest absolute Gasteiger partial charge is 0.105 e. The van der Waals surface area contributed by atoms with E-state index in [-0.39, 0.29) is 0 Å². The zero-order valence-corrected chi connectivity index (χ0v) is 8.89. The van der Waals surface area contributed by atoms with E-state index in [1.54, 1.807) is 7.05 Å². The lowest BCUT2D eigenvalue weighted by Gasteiger charge is -2.20. The predicted molar refractivity (Wildman–Crippen MR) is 53.4 cm³/mol. The summed E-state index contributed by atoms with van der Waals surface area (Å²) in [5.74, 6) is 0. The quantitative estimate of drug-likeness (QED) is 0.612. The monoisotopic (exact) mass is 184 g/mol. The molecule has 0 saturated carbocycles. The maximum Gasteiger partial charge on any atom is 0.105 e. The average Bonchev–Trinajstić information content (AvgIpc) is 2.17. The van der Waals surface area contributed by atoms with Crippen LogP contribution in [0.25, 0.3) is 0 Å². The summed E-state index contributed by atoms with van der Waals surface area (Å²) < 4.78 is 5.38. The molecule has 13 heavy (non-hydrogen) atoms. The van der Waals surface area contributed by atoms with Crippen molar-refractivity contribution in [2.75, 3.05) is 20.3 Å². The van der Waals surface area contributed by atoms with Gasteiger partial charge in [0.1, 0.15) is 5.54 Å². The van der Waals surface area contributed by atoms with Gasteiger partial charge in [0.05, 0.1) is 6.07 Å². The van der Waals surface area contributed by atoms with Gasteiger partial charge in [-0.2, -0.15) is 5.26 Å². The van der Waals surface area contributed by atoms with E-state index in [0.717, 1.165) is 25.9 Å². The SMILES string of the molecule is CCCCOCCC(C)(C#N)NC. The van der Waals surface area contributed by atoms with E-state index >= 15 is 0 Å². The Balaban J connectivity index is 3.46. The molecule has 0 bridgehead atoms. The minimum atomic E-state index is -0.438. The van der Waals surface area contributed by atoms with Crippen LogP contribution in [0.3, 0.4) is 0 Å². The van der Waals surface area contributed by atoms with Crippen molar-refractivity contribution >= 4 is 0 Å². The molecule has 0 aliphatic heterocycles. The van der Waals surface area contributed by atoms with E-state index in [0.29, 0.717) is 6.61 Å². The van der Waals surface area contributed by atoms with E-state index in [2.05, 4.69) is 18.3 Å². The molecule has 0 rings (SSSR count). The van der Waals surface area contributed by atoms with Gasteiger partial charge < -0.3 is 10.1 Å². The van der Waals surface area contributed by atoms with Crippen molar-refractivity contribution in [3.63, 3.8) is 0 Å². The van der Waals surface area contributed by atoms with Gasteiger partial charge in [-0.25, -0.2) is 0 Å². The fourth-order valence-corrected chi connectivity index (χ4v) is 0.862. The van der Waals surface area contributed by atoms with E-state index < -0.39 is 5.54 Å². The summed E-state index contributed by atoms with van der Waals surface area (Å²) >= 11 is 0. The highest BCUT2D eigenvalue weighted by molar-refractivity contribution is 5.02. The van der Waals surface area contributed by atoms with Gasteiger partial charge in [0.25, 0.3) is 0 Å². The molecule has 0 amide bonds. The number of nitrogens with one attached hydrogen (secondary N) is 1. The molecule has 1 unspecified atom stereocenters. The molecule has 0 fully saturated rings. The summed E-state index contributed by atoms with van der Waals surface area (Å²) in [5.41, 5.74) is -0.438. The maximum absolute atomic E-state index is 8.82. The first-order valence-corrected chi connectivity index (χ1v) is 4.86. The summed E-state index contributed by atoms with van der Waals surface area (Å²) in [4.78, 5) is 0. The predicted octanol–water partition coefficient (Wildman–Crippen LogP) is 1.69. The number of hydrogen-bond donors (Lipinski definition) is 1. The third-order valence-electron chi connectivity index (χ3n) is 2.19. The molecule has 1 atom stereocenters. The van der Waals surface area contributed by atoms with Crippen molar-refractivity contribution in [1.82, 2.24) is 5.32 Å². The highest BCUT2D eigenvalue weighted by Gasteiger charge is 2.19. The highest BCUT2D eigenvalue weighted by Crippen LogP contribution is 2.07. The van der Waals surface area contributed by atoms with Gasteiger partial charge in [0, 0.05) is 19.6 Å². The van der Waals surface area contributed by atoms with Crippen LogP contribution in [0.1, 0.15) is 33.1 Å². The molecule has 0 saturated heterocycles. The van der Waals surface area contributed by atoms with Crippen LogP contribution < -0.4 is 5.32 Å². The van der Waals surface area contributed by atoms with Gasteiger partial charge in [0.15, 0.2) is 0 Å². The molecule has 0 aliphatic rings. The molecule has 1 N–H and O–H groups in total. The maximum atomic E-state index is 8.82. The molecule has 0 radical (unpaired) electrons. The molecule has 3 nitrogen and oxygen atoms in total. The van der Waals surface area contributed by atoms with Gasteiger partial charge in [-0.3, -0.25) is 0 Å². The van der Waals surface area contributed by atoms with Gasteiger partial charge in [-0.05, 0) is 20.4 Å². The Bertz CT molecular complexity index is 165. The van der Waals surface area contributed by atoms with Crippen LogP contribution in [0, 0.1) is 11.3 Å². The fourth-order valence-electron chi connectivity index (χ4n) is 0.862. The first kappa shape index (κ1) is 12.4. The molecule has 0 aromatic heterocycles. The van der Waals surface area contributed by atoms with E-state index in [9.17, 15) is 0 Å². The van der Waals surface area contributed by atoms with Crippen LogP contribution in [0.5, 0.6) is 0 Å². The minimum Gasteiger partial charge on any atom is -0.381 e. The number of nitrogens with zero attached hydrogens (tertiary/aromatic N) is 1. The van der Waals surface area contributed by atoms with Gasteiger partial charge in [-0.15, -0.1) is 0 Å². The van der Waals surface area contributed by atoms with Gasteiger partial charge >= 0.3 is 0 Å². The summed E-state index contributed by atoms with van der Waals surface area (Å²) in [6.45, 7) is 5.49. The zero-order valence-electron chi connectivity index (χ0n) is 8.89. The normalized spacial score (nSPS) is 14.9. The highest BCUT2D eigenvalue weighted by atomic mass is 16.5. The minimum absolute atomic E-state index is 0.438. The third-order valence-corrected chi connectivity index (χ3v) is 2.19. The van der Waals surface area contributed by atoms with Crippen molar-refractivity contribution in [3.8, 4) is 6.07 Å². The Morgan fingerprint density at radius 3 is 2.62 bits per heavy atom. The Kier molecular flexibility index (Phi) is 6.56. The van der Waals surface area contributed by atoms with Gasteiger partial charge in [-0.1, -0.05) is 13.3 Å². The van der Waals surface area contributed by atoms with E-state index in [1.807, 2.05) is 6.92 Å². The second-order valence-corrected chi connectivity index (χ2v) is 3.41. The molecule has 3 heteroatoms. The molecular weight excluding hydrogens is 164 g/mol. The standard InChI is InChI=1S/C10H20N2O/c1-4-5-7-13-8-6-10(2,9-11)12-3/h12H,4-8H2,1-3H3. The second kappa shape index (κ2) is 6.88. The van der Waals surface area contributed by atoms with Crippen molar-refractivity contribution in [3.05, 3.63) is 0 Å². The Labute approximate surface area is 81.1 Å². The summed E-state index contributed by atoms with van der Waals surface area (Å²) in [7, 11) is 1.80. The van der Waals surface area contributed by atoms with Crippen LogP contribution in [-0.2, 0) is 4.74 Å². The molecule has 0 aliphatic carbocycles. The van der Waals surface area contributed by atoms with Crippen LogP contribution in [0.4, 0.5) is 0 Å².